The molecule has 0 aromatic heterocycles. The summed E-state index contributed by atoms with van der Waals surface area (Å²) in [6, 6.07) is -0.915. The molecule has 1 fully saturated rings. The molecule has 0 aromatic carbocycles. The molecule has 16 heavy (non-hydrogen) atoms. The average Bonchev–Trinajstić information content (AvgIpc) is 2.21. The third kappa shape index (κ3) is 2.95. The number of piperidine rings is 1. The first-order valence-electron chi connectivity index (χ1n) is 5.19. The number of aliphatic carboxylic acids is 1. The Morgan fingerprint density at radius 3 is 2.69 bits per heavy atom. The predicted octanol–water partition coefficient (Wildman–Crippen LogP) is -0.556. The Morgan fingerprint density at radius 2 is 2.19 bits per heavy atom. The summed E-state index contributed by atoms with van der Waals surface area (Å²) in [7, 11) is 1.69. The zero-order chi connectivity index (χ0) is 12.3. The zero-order valence-corrected chi connectivity index (χ0v) is 9.40. The van der Waals surface area contributed by atoms with Gasteiger partial charge in [0.1, 0.15) is 6.04 Å². The molecule has 1 aliphatic heterocycles. The molecule has 0 radical (unpaired) electrons. The number of nitrogens with one attached hydrogen (secondary N) is 1. The minimum atomic E-state index is -1.08. The minimum absolute atomic E-state index is 0.0746. The van der Waals surface area contributed by atoms with Gasteiger partial charge in [0, 0.05) is 25.9 Å². The topological polar surface area (TPSA) is 86.7 Å². The normalized spacial score (nSPS) is 22.8. The number of amides is 2. The summed E-state index contributed by atoms with van der Waals surface area (Å²) in [6.45, 7) is 1.94. The molecule has 0 aromatic rings. The first-order chi connectivity index (χ1) is 7.41. The summed E-state index contributed by atoms with van der Waals surface area (Å²) in [5.74, 6) is -1.90. The highest BCUT2D eigenvalue weighted by Gasteiger charge is 2.29. The van der Waals surface area contributed by atoms with Crippen LogP contribution in [-0.4, -0.2) is 47.4 Å². The highest BCUT2D eigenvalue weighted by molar-refractivity contribution is 5.89. The number of carboxylic acids is 1. The zero-order valence-electron chi connectivity index (χ0n) is 9.40. The lowest BCUT2D eigenvalue weighted by Gasteiger charge is -2.28. The van der Waals surface area contributed by atoms with E-state index in [4.69, 9.17) is 5.11 Å². The molecule has 1 saturated heterocycles. The van der Waals surface area contributed by atoms with Crippen molar-refractivity contribution in [2.75, 3.05) is 13.6 Å². The van der Waals surface area contributed by atoms with Gasteiger partial charge in [-0.3, -0.25) is 14.4 Å². The van der Waals surface area contributed by atoms with Crippen molar-refractivity contribution in [3.05, 3.63) is 0 Å². The summed E-state index contributed by atoms with van der Waals surface area (Å²) in [5, 5.41) is 11.0. The maximum Gasteiger partial charge on any atom is 0.325 e. The molecule has 0 saturated carbocycles. The number of nitrogens with zero attached hydrogens (tertiary/aromatic N) is 1. The number of carbonyl (C=O) groups is 3. The highest BCUT2D eigenvalue weighted by Crippen LogP contribution is 2.17. The van der Waals surface area contributed by atoms with Gasteiger partial charge < -0.3 is 15.3 Å². The van der Waals surface area contributed by atoms with Gasteiger partial charge in [-0.2, -0.15) is 0 Å². The van der Waals surface area contributed by atoms with Gasteiger partial charge in [-0.15, -0.1) is 0 Å². The number of rotatable bonds is 3. The summed E-state index contributed by atoms with van der Waals surface area (Å²) in [5.41, 5.74) is 0. The van der Waals surface area contributed by atoms with E-state index >= 15 is 0 Å². The van der Waals surface area contributed by atoms with Crippen LogP contribution in [0.5, 0.6) is 0 Å². The van der Waals surface area contributed by atoms with Crippen LogP contribution < -0.4 is 5.32 Å². The van der Waals surface area contributed by atoms with E-state index in [2.05, 4.69) is 5.32 Å². The second kappa shape index (κ2) is 4.96. The molecule has 90 valence electrons. The summed E-state index contributed by atoms with van der Waals surface area (Å²) in [4.78, 5) is 35.1. The lowest BCUT2D eigenvalue weighted by molar-refractivity contribution is -0.143. The van der Waals surface area contributed by atoms with E-state index in [1.807, 2.05) is 0 Å². The third-order valence-electron chi connectivity index (χ3n) is 2.76. The van der Waals surface area contributed by atoms with Crippen LogP contribution in [0.1, 0.15) is 19.8 Å². The van der Waals surface area contributed by atoms with Gasteiger partial charge >= 0.3 is 5.97 Å². The van der Waals surface area contributed by atoms with E-state index in [0.29, 0.717) is 13.0 Å². The van der Waals surface area contributed by atoms with E-state index in [1.165, 1.54) is 6.92 Å². The number of carboxylic acid groups (broad SMARTS) is 1. The minimum Gasteiger partial charge on any atom is -0.480 e. The second-order valence-electron chi connectivity index (χ2n) is 4.07. The lowest BCUT2D eigenvalue weighted by atomic mass is 9.95. The monoisotopic (exact) mass is 228 g/mol. The summed E-state index contributed by atoms with van der Waals surface area (Å²) < 4.78 is 0. The average molecular weight is 228 g/mol. The van der Waals surface area contributed by atoms with Gasteiger partial charge in [0.15, 0.2) is 0 Å². The third-order valence-corrected chi connectivity index (χ3v) is 2.76. The Labute approximate surface area is 93.6 Å². The van der Waals surface area contributed by atoms with Gasteiger partial charge in [0.05, 0.1) is 0 Å². The van der Waals surface area contributed by atoms with E-state index in [9.17, 15) is 14.4 Å². The lowest BCUT2D eigenvalue weighted by Crippen LogP contribution is -2.46. The largest absolute Gasteiger partial charge is 0.480 e. The Kier molecular flexibility index (Phi) is 3.87. The van der Waals surface area contributed by atoms with E-state index in [0.717, 1.165) is 0 Å². The summed E-state index contributed by atoms with van der Waals surface area (Å²) in [6.07, 6.45) is 0.745. The van der Waals surface area contributed by atoms with Crippen LogP contribution in [0.25, 0.3) is 0 Å². The molecule has 2 atom stereocenters. The van der Waals surface area contributed by atoms with Crippen molar-refractivity contribution >= 4 is 17.8 Å². The number of likely N-dealkylation sites (tertiary alicyclic amines) is 1. The SMILES string of the molecule is C[C@H](NC(=O)C1CCN(C)C(=O)C1)C(=O)O. The molecule has 0 bridgehead atoms. The fourth-order valence-electron chi connectivity index (χ4n) is 1.56. The smallest absolute Gasteiger partial charge is 0.325 e. The molecule has 0 spiro atoms. The van der Waals surface area contributed by atoms with Gasteiger partial charge in [-0.05, 0) is 13.3 Å². The molecule has 1 aliphatic rings. The van der Waals surface area contributed by atoms with Crippen LogP contribution in [0.2, 0.25) is 0 Å². The first-order valence-corrected chi connectivity index (χ1v) is 5.19. The maximum atomic E-state index is 11.6. The molecule has 6 nitrogen and oxygen atoms in total. The quantitative estimate of drug-likeness (QED) is 0.678. The highest BCUT2D eigenvalue weighted by atomic mass is 16.4. The van der Waals surface area contributed by atoms with E-state index < -0.39 is 17.9 Å². The van der Waals surface area contributed by atoms with Crippen LogP contribution in [0.4, 0.5) is 0 Å². The molecule has 0 aliphatic carbocycles. The first kappa shape index (κ1) is 12.5. The second-order valence-corrected chi connectivity index (χ2v) is 4.07. The summed E-state index contributed by atoms with van der Waals surface area (Å²) >= 11 is 0. The molecule has 6 heteroatoms. The Balaban J connectivity index is 2.49. The molecular formula is C10H16N2O4. The van der Waals surface area contributed by atoms with Crippen LogP contribution in [-0.2, 0) is 14.4 Å². The van der Waals surface area contributed by atoms with Crippen molar-refractivity contribution < 1.29 is 19.5 Å². The van der Waals surface area contributed by atoms with Gasteiger partial charge in [0.2, 0.25) is 11.8 Å². The van der Waals surface area contributed by atoms with Crippen molar-refractivity contribution in [3.8, 4) is 0 Å². The maximum absolute atomic E-state index is 11.6. The van der Waals surface area contributed by atoms with Crippen LogP contribution in [0.3, 0.4) is 0 Å². The fourth-order valence-corrected chi connectivity index (χ4v) is 1.56. The Bertz CT molecular complexity index is 316. The van der Waals surface area contributed by atoms with Crippen LogP contribution >= 0.6 is 0 Å². The molecular weight excluding hydrogens is 212 g/mol. The number of hydrogen-bond acceptors (Lipinski definition) is 3. The van der Waals surface area contributed by atoms with Crippen LogP contribution in [0.15, 0.2) is 0 Å². The standard InChI is InChI=1S/C10H16N2O4/c1-6(10(15)16)11-9(14)7-3-4-12(2)8(13)5-7/h6-7H,3-5H2,1-2H3,(H,11,14)(H,15,16)/t6-,7?/m0/s1. The van der Waals surface area contributed by atoms with E-state index in [-0.39, 0.29) is 18.2 Å². The number of hydrogen-bond donors (Lipinski definition) is 2. The predicted molar refractivity (Wildman–Crippen MR) is 55.6 cm³/mol. The Morgan fingerprint density at radius 1 is 1.56 bits per heavy atom. The van der Waals surface area contributed by atoms with Crippen molar-refractivity contribution in [1.29, 1.82) is 0 Å². The van der Waals surface area contributed by atoms with Crippen molar-refractivity contribution in [2.24, 2.45) is 5.92 Å². The molecule has 2 N–H and O–H groups in total. The van der Waals surface area contributed by atoms with Crippen molar-refractivity contribution in [3.63, 3.8) is 0 Å². The molecule has 1 unspecified atom stereocenters. The fraction of sp³-hybridized carbons (Fsp3) is 0.700. The van der Waals surface area contributed by atoms with Crippen molar-refractivity contribution in [1.82, 2.24) is 10.2 Å². The van der Waals surface area contributed by atoms with Gasteiger partial charge in [-0.25, -0.2) is 0 Å². The molecule has 2 amide bonds. The van der Waals surface area contributed by atoms with Crippen LogP contribution in [0, 0.1) is 5.92 Å². The van der Waals surface area contributed by atoms with Gasteiger partial charge in [-0.1, -0.05) is 0 Å². The van der Waals surface area contributed by atoms with E-state index in [1.54, 1.807) is 11.9 Å². The van der Waals surface area contributed by atoms with Gasteiger partial charge in [0.25, 0.3) is 0 Å². The molecule has 1 rings (SSSR count). The van der Waals surface area contributed by atoms with Crippen molar-refractivity contribution in [2.45, 2.75) is 25.8 Å². The molecule has 1 heterocycles. The number of carbonyl (C=O) groups excluding carboxylic acids is 2. The Hall–Kier alpha value is -1.59.